The van der Waals surface area contributed by atoms with E-state index >= 15 is 0 Å². The van der Waals surface area contributed by atoms with Gasteiger partial charge in [0.15, 0.2) is 0 Å². The molecule has 2 aromatic rings. The standard InChI is InChI=1S/C19H17N3OS2/c1-13-4-6-14(7-5-13)21-11-22-18(23)9-15(17-3-2-8-24-17)16(10-20)19(22)25-12-21/h2-8,15H,9,11-12H2,1H3/t15-/m1/s1. The summed E-state index contributed by atoms with van der Waals surface area (Å²) in [6.45, 7) is 2.57. The molecule has 0 bridgehead atoms. The molecule has 3 heterocycles. The first-order valence-corrected chi connectivity index (χ1v) is 9.96. The van der Waals surface area contributed by atoms with E-state index in [0.29, 0.717) is 13.1 Å². The van der Waals surface area contributed by atoms with E-state index in [1.165, 1.54) is 5.56 Å². The SMILES string of the molecule is Cc1ccc(N2CSC3=C(C#N)[C@H](c4cccs4)CC(=O)N3C2)cc1. The smallest absolute Gasteiger partial charge is 0.229 e. The first-order valence-electron chi connectivity index (χ1n) is 8.10. The van der Waals surface area contributed by atoms with Gasteiger partial charge in [-0.05, 0) is 30.5 Å². The number of benzene rings is 1. The molecule has 1 amide bonds. The Morgan fingerprint density at radius 2 is 2.04 bits per heavy atom. The second kappa shape index (κ2) is 6.58. The van der Waals surface area contributed by atoms with Crippen molar-refractivity contribution >= 4 is 34.7 Å². The van der Waals surface area contributed by atoms with Crippen LogP contribution < -0.4 is 4.90 Å². The molecule has 0 N–H and O–H groups in total. The van der Waals surface area contributed by atoms with Crippen LogP contribution in [0.4, 0.5) is 5.69 Å². The summed E-state index contributed by atoms with van der Waals surface area (Å²) in [4.78, 5) is 17.8. The van der Waals surface area contributed by atoms with Gasteiger partial charge in [0.25, 0.3) is 0 Å². The highest BCUT2D eigenvalue weighted by Crippen LogP contribution is 2.44. The summed E-state index contributed by atoms with van der Waals surface area (Å²) in [5.41, 5.74) is 3.05. The van der Waals surface area contributed by atoms with Crippen molar-refractivity contribution in [2.45, 2.75) is 19.3 Å². The number of anilines is 1. The average molecular weight is 367 g/mol. The highest BCUT2D eigenvalue weighted by molar-refractivity contribution is 8.03. The van der Waals surface area contributed by atoms with Gasteiger partial charge in [0, 0.05) is 22.9 Å². The van der Waals surface area contributed by atoms with Gasteiger partial charge in [0.1, 0.15) is 0 Å². The van der Waals surface area contributed by atoms with Crippen molar-refractivity contribution in [3.63, 3.8) is 0 Å². The molecule has 0 unspecified atom stereocenters. The van der Waals surface area contributed by atoms with Gasteiger partial charge in [-0.2, -0.15) is 5.26 Å². The van der Waals surface area contributed by atoms with Gasteiger partial charge in [-0.15, -0.1) is 11.3 Å². The molecule has 4 rings (SSSR count). The molecule has 1 atom stereocenters. The number of hydrogen-bond donors (Lipinski definition) is 0. The van der Waals surface area contributed by atoms with Crippen LogP contribution in [0.3, 0.4) is 0 Å². The van der Waals surface area contributed by atoms with Crippen molar-refractivity contribution < 1.29 is 4.79 Å². The molecule has 25 heavy (non-hydrogen) atoms. The number of nitrogens with zero attached hydrogens (tertiary/aromatic N) is 3. The van der Waals surface area contributed by atoms with Crippen LogP contribution in [-0.2, 0) is 4.79 Å². The fraction of sp³-hybridized carbons (Fsp3) is 0.263. The molecule has 6 heteroatoms. The number of thiophene rings is 1. The lowest BCUT2D eigenvalue weighted by atomic mass is 9.92. The number of nitriles is 1. The molecule has 0 aliphatic carbocycles. The number of carbonyl (C=O) groups excluding carboxylic acids is 1. The summed E-state index contributed by atoms with van der Waals surface area (Å²) < 4.78 is 0. The zero-order valence-corrected chi connectivity index (χ0v) is 15.4. The van der Waals surface area contributed by atoms with E-state index in [1.807, 2.05) is 17.5 Å². The fourth-order valence-corrected chi connectivity index (χ4v) is 5.22. The third-order valence-electron chi connectivity index (χ3n) is 4.58. The Bertz CT molecular complexity index is 865. The lowest BCUT2D eigenvalue weighted by molar-refractivity contribution is -0.129. The zero-order chi connectivity index (χ0) is 17.4. The topological polar surface area (TPSA) is 47.3 Å². The van der Waals surface area contributed by atoms with E-state index in [1.54, 1.807) is 28.0 Å². The van der Waals surface area contributed by atoms with Crippen molar-refractivity contribution in [2.24, 2.45) is 0 Å². The maximum atomic E-state index is 12.8. The second-order valence-electron chi connectivity index (χ2n) is 6.21. The lowest BCUT2D eigenvalue weighted by Crippen LogP contribution is -2.47. The number of allylic oxidation sites excluding steroid dienone is 1. The quantitative estimate of drug-likeness (QED) is 0.795. The fourth-order valence-electron chi connectivity index (χ4n) is 3.21. The van der Waals surface area contributed by atoms with Crippen LogP contribution >= 0.6 is 23.1 Å². The van der Waals surface area contributed by atoms with Gasteiger partial charge >= 0.3 is 0 Å². The second-order valence-corrected chi connectivity index (χ2v) is 8.13. The van der Waals surface area contributed by atoms with Crippen molar-refractivity contribution in [1.29, 1.82) is 5.26 Å². The Morgan fingerprint density at radius 3 is 2.72 bits per heavy atom. The van der Waals surface area contributed by atoms with E-state index in [0.717, 1.165) is 27.0 Å². The van der Waals surface area contributed by atoms with Gasteiger partial charge in [-0.1, -0.05) is 35.5 Å². The molecule has 4 nitrogen and oxygen atoms in total. The molecule has 1 fully saturated rings. The Labute approximate surface area is 155 Å². The van der Waals surface area contributed by atoms with Gasteiger partial charge in [-0.25, -0.2) is 0 Å². The average Bonchev–Trinajstić information content (AvgIpc) is 3.16. The van der Waals surface area contributed by atoms with Gasteiger partial charge in [-0.3, -0.25) is 9.69 Å². The molecule has 0 saturated carbocycles. The Kier molecular flexibility index (Phi) is 4.28. The van der Waals surface area contributed by atoms with Crippen LogP contribution in [0.15, 0.2) is 52.4 Å². The maximum absolute atomic E-state index is 12.8. The predicted molar refractivity (Wildman–Crippen MR) is 102 cm³/mol. The summed E-state index contributed by atoms with van der Waals surface area (Å²) in [7, 11) is 0. The summed E-state index contributed by atoms with van der Waals surface area (Å²) >= 11 is 3.20. The van der Waals surface area contributed by atoms with E-state index in [2.05, 4.69) is 42.2 Å². The molecule has 0 spiro atoms. The predicted octanol–water partition coefficient (Wildman–Crippen LogP) is 4.28. The van der Waals surface area contributed by atoms with Gasteiger partial charge in [0.05, 0.1) is 29.2 Å². The molecular formula is C19H17N3OS2. The maximum Gasteiger partial charge on any atom is 0.229 e. The molecule has 126 valence electrons. The van der Waals surface area contributed by atoms with E-state index in [4.69, 9.17) is 0 Å². The third kappa shape index (κ3) is 2.94. The number of fused-ring (bicyclic) bond motifs is 1. The third-order valence-corrected chi connectivity index (χ3v) is 6.72. The minimum Gasteiger partial charge on any atom is -0.344 e. The number of carbonyl (C=O) groups is 1. The number of thioether (sulfide) groups is 1. The largest absolute Gasteiger partial charge is 0.344 e. The van der Waals surface area contributed by atoms with Gasteiger partial charge in [0.2, 0.25) is 5.91 Å². The highest BCUT2D eigenvalue weighted by atomic mass is 32.2. The Hall–Kier alpha value is -2.23. The van der Waals surface area contributed by atoms with E-state index in [-0.39, 0.29) is 11.8 Å². The molecule has 0 radical (unpaired) electrons. The molecule has 1 aromatic carbocycles. The van der Waals surface area contributed by atoms with Crippen LogP contribution in [0.25, 0.3) is 0 Å². The summed E-state index contributed by atoms with van der Waals surface area (Å²) in [6.07, 6.45) is 0.370. The van der Waals surface area contributed by atoms with Crippen LogP contribution in [-0.4, -0.2) is 23.4 Å². The van der Waals surface area contributed by atoms with Crippen LogP contribution in [0.1, 0.15) is 22.8 Å². The number of aryl methyl sites for hydroxylation is 1. The molecule has 2 aliphatic heterocycles. The van der Waals surface area contributed by atoms with Gasteiger partial charge < -0.3 is 4.90 Å². The van der Waals surface area contributed by atoms with Crippen LogP contribution in [0, 0.1) is 18.3 Å². The van der Waals surface area contributed by atoms with Crippen LogP contribution in [0.5, 0.6) is 0 Å². The monoisotopic (exact) mass is 367 g/mol. The number of rotatable bonds is 2. The minimum absolute atomic E-state index is 0.0942. The zero-order valence-electron chi connectivity index (χ0n) is 13.8. The van der Waals surface area contributed by atoms with Crippen molar-refractivity contribution in [3.05, 3.63) is 62.8 Å². The summed E-state index contributed by atoms with van der Waals surface area (Å²) in [5.74, 6) is 0.740. The van der Waals surface area contributed by atoms with E-state index in [9.17, 15) is 10.1 Å². The lowest BCUT2D eigenvalue weighted by Gasteiger charge is -2.42. The number of hydrogen-bond acceptors (Lipinski definition) is 5. The molecule has 2 aliphatic rings. The Morgan fingerprint density at radius 1 is 1.24 bits per heavy atom. The molecule has 1 saturated heterocycles. The van der Waals surface area contributed by atoms with Crippen molar-refractivity contribution in [2.75, 3.05) is 17.4 Å². The van der Waals surface area contributed by atoms with Crippen molar-refractivity contribution in [1.82, 2.24) is 4.90 Å². The van der Waals surface area contributed by atoms with Crippen molar-refractivity contribution in [3.8, 4) is 6.07 Å². The minimum atomic E-state index is -0.0952. The molecule has 1 aromatic heterocycles. The first-order chi connectivity index (χ1) is 12.2. The number of amides is 1. The first kappa shape index (κ1) is 16.2. The summed E-state index contributed by atoms with van der Waals surface area (Å²) in [5, 5.41) is 12.6. The highest BCUT2D eigenvalue weighted by Gasteiger charge is 2.38. The summed E-state index contributed by atoms with van der Waals surface area (Å²) in [6, 6.07) is 14.7. The molecular weight excluding hydrogens is 350 g/mol. The van der Waals surface area contributed by atoms with Crippen LogP contribution in [0.2, 0.25) is 0 Å². The Balaban J connectivity index is 1.65. The normalized spacial score (nSPS) is 20.5. The van der Waals surface area contributed by atoms with E-state index < -0.39 is 0 Å².